The van der Waals surface area contributed by atoms with Crippen LogP contribution >= 0.6 is 34.4 Å². The van der Waals surface area contributed by atoms with E-state index in [1.165, 1.54) is 29.6 Å². The summed E-state index contributed by atoms with van der Waals surface area (Å²) in [6.45, 7) is 8.27. The van der Waals surface area contributed by atoms with E-state index in [-0.39, 0.29) is 57.0 Å². The van der Waals surface area contributed by atoms with Crippen LogP contribution in [0.3, 0.4) is 0 Å². The first-order valence-electron chi connectivity index (χ1n) is 21.4. The molecule has 2 aromatic heterocycles. The summed E-state index contributed by atoms with van der Waals surface area (Å²) in [4.78, 5) is 39.3. The van der Waals surface area contributed by atoms with Crippen molar-refractivity contribution in [2.75, 3.05) is 37.8 Å². The van der Waals surface area contributed by atoms with Gasteiger partial charge in [0.25, 0.3) is 11.8 Å². The van der Waals surface area contributed by atoms with Crippen LogP contribution in [0, 0.1) is 11.6 Å². The molecule has 5 aromatic rings. The number of benzene rings is 3. The zero-order chi connectivity index (χ0) is 51.9. The summed E-state index contributed by atoms with van der Waals surface area (Å²) in [5.74, 6) is -4.32. The molecule has 9 rings (SSSR count). The number of nitrogens with zero attached hydrogens (tertiary/aromatic N) is 3. The molecular weight excluding hydrogens is 1050 g/mol. The van der Waals surface area contributed by atoms with Crippen LogP contribution in [-0.2, 0) is 56.3 Å². The molecule has 25 heteroatoms. The van der Waals surface area contributed by atoms with Crippen molar-refractivity contribution in [2.45, 2.75) is 72.0 Å². The Morgan fingerprint density at radius 1 is 0.915 bits per heavy atom. The molecule has 3 amide bonds. The van der Waals surface area contributed by atoms with Gasteiger partial charge in [-0.1, -0.05) is 0 Å². The van der Waals surface area contributed by atoms with Crippen molar-refractivity contribution in [3.05, 3.63) is 104 Å². The SMILES string of the molecule is CN1c2cc3c(cc2-c2sccc2C1(C)C)C(c1c(F)c(SCC(=O)NCCCCCN2C(=O)C=CC2=O)cc(F)c1S(=O)(=O)[O-])=c1cc2c(cc1O3)=[N+](C)C(C)(C)c1cc(S(=O)(=O)O)sc1-2.O=S(=O)=O. The van der Waals surface area contributed by atoms with Crippen LogP contribution < -0.4 is 30.1 Å². The first-order valence-corrected chi connectivity index (χ1v) is 27.9. The average Bonchev–Trinajstić information content (AvgIpc) is 4.04. The molecule has 4 aliphatic rings. The Morgan fingerprint density at radius 3 is 2.24 bits per heavy atom. The summed E-state index contributed by atoms with van der Waals surface area (Å²) in [7, 11) is -9.86. The standard InChI is InChI=1S/C46H42F2N4O10S5.O3S/c1-45(2)27-12-15-63-42(27)23-16-25-32(20-30(23)50(45)5)62-33-21-31-24(43-28(46(3,4)51(31)6)18-38(65-43)66(56,57)58)17-26(33)39(25)40-41(48)34(19-29(47)44(40)67(59,60)61)64-22-35(53)49-13-8-7-9-14-52-36(54)10-11-37(52)55;1-4(2)3/h10-12,15-21H,7-9,13-14,22H2,1-6H3,(H2-,49,53,56,57,58,59,60,61);. The van der Waals surface area contributed by atoms with E-state index in [1.807, 2.05) is 36.9 Å². The second-order valence-corrected chi connectivity index (χ2v) is 24.1. The summed E-state index contributed by atoms with van der Waals surface area (Å²) < 4.78 is 143. The molecule has 71 heavy (non-hydrogen) atoms. The minimum atomic E-state index is -5.77. The number of ether oxygens (including phenoxy) is 1. The molecule has 17 nitrogen and oxygen atoms in total. The van der Waals surface area contributed by atoms with Crippen molar-refractivity contribution in [1.82, 2.24) is 14.8 Å². The van der Waals surface area contributed by atoms with Crippen molar-refractivity contribution in [1.29, 1.82) is 0 Å². The fourth-order valence-electron chi connectivity index (χ4n) is 9.07. The van der Waals surface area contributed by atoms with Gasteiger partial charge in [0.1, 0.15) is 49.4 Å². The molecule has 0 bridgehead atoms. The van der Waals surface area contributed by atoms with Gasteiger partial charge in [0.15, 0.2) is 5.54 Å². The largest absolute Gasteiger partial charge is 0.744 e. The highest BCUT2D eigenvalue weighted by molar-refractivity contribution is 8.00. The number of nitrogens with one attached hydrogen (secondary N) is 1. The van der Waals surface area contributed by atoms with Gasteiger partial charge in [0.05, 0.1) is 27.8 Å². The summed E-state index contributed by atoms with van der Waals surface area (Å²) >= 11 is 2.87. The molecule has 374 valence electrons. The highest BCUT2D eigenvalue weighted by Gasteiger charge is 2.43. The molecule has 0 aliphatic carbocycles. The number of carbonyl (C=O) groups excluding carboxylic acids is 3. The number of halogens is 2. The van der Waals surface area contributed by atoms with Gasteiger partial charge >= 0.3 is 20.7 Å². The van der Waals surface area contributed by atoms with E-state index in [0.717, 1.165) is 32.4 Å². The van der Waals surface area contributed by atoms with E-state index in [9.17, 15) is 40.3 Å². The zero-order valence-corrected chi connectivity index (χ0v) is 43.3. The van der Waals surface area contributed by atoms with E-state index >= 15 is 8.78 Å². The highest BCUT2D eigenvalue weighted by Crippen LogP contribution is 2.54. The zero-order valence-electron chi connectivity index (χ0n) is 38.4. The quantitative estimate of drug-likeness (QED) is 0.0521. The maximum atomic E-state index is 17.7. The number of thioether (sulfide) groups is 1. The molecular formula is C46H42F2N4O13S6. The lowest BCUT2D eigenvalue weighted by atomic mass is 9.83. The van der Waals surface area contributed by atoms with E-state index in [0.29, 0.717) is 64.0 Å². The van der Waals surface area contributed by atoms with Crippen molar-refractivity contribution in [3.63, 3.8) is 0 Å². The average molecular weight is 1090 g/mol. The Labute approximate surface area is 419 Å². The van der Waals surface area contributed by atoms with E-state index in [1.54, 1.807) is 31.3 Å². The van der Waals surface area contributed by atoms with Crippen LogP contribution in [0.4, 0.5) is 14.5 Å². The maximum Gasteiger partial charge on any atom is 0.425 e. The van der Waals surface area contributed by atoms with Gasteiger partial charge in [-0.05, 0) is 74.4 Å². The van der Waals surface area contributed by atoms with E-state index in [4.69, 9.17) is 17.4 Å². The number of carbonyl (C=O) groups is 3. The van der Waals surface area contributed by atoms with Gasteiger partial charge in [0.2, 0.25) is 11.3 Å². The van der Waals surface area contributed by atoms with Crippen molar-refractivity contribution >= 4 is 94.3 Å². The van der Waals surface area contributed by atoms with Crippen LogP contribution in [0.2, 0.25) is 0 Å². The van der Waals surface area contributed by atoms with Crippen LogP contribution in [-0.4, -0.2) is 94.1 Å². The van der Waals surface area contributed by atoms with Gasteiger partial charge in [-0.25, -0.2) is 21.8 Å². The fourth-order valence-corrected chi connectivity index (χ4v) is 13.7. The number of anilines is 1. The van der Waals surface area contributed by atoms with Crippen LogP contribution in [0.25, 0.3) is 26.5 Å². The lowest BCUT2D eigenvalue weighted by molar-refractivity contribution is -0.136. The summed E-state index contributed by atoms with van der Waals surface area (Å²) in [5.41, 5.74) is 1.06. The van der Waals surface area contributed by atoms with E-state index < -0.39 is 80.6 Å². The lowest BCUT2D eigenvalue weighted by Gasteiger charge is -2.43. The first-order chi connectivity index (χ1) is 33.1. The van der Waals surface area contributed by atoms with Crippen molar-refractivity contribution < 1.29 is 66.5 Å². The molecule has 3 aromatic carbocycles. The molecule has 0 radical (unpaired) electrons. The van der Waals surface area contributed by atoms with Gasteiger partial charge in [-0.2, -0.15) is 8.42 Å². The van der Waals surface area contributed by atoms with E-state index in [2.05, 4.69) is 24.1 Å². The number of hydrogen-bond acceptors (Lipinski definition) is 16. The lowest BCUT2D eigenvalue weighted by Crippen LogP contribution is -2.46. The second kappa shape index (κ2) is 18.7. The second-order valence-electron chi connectivity index (χ2n) is 17.8. The molecule has 0 saturated heterocycles. The Balaban J connectivity index is 0.00000163. The topological polar surface area (TPSA) is 245 Å². The number of rotatable bonds is 12. The van der Waals surface area contributed by atoms with Crippen molar-refractivity contribution in [2.24, 2.45) is 0 Å². The number of thiophene rings is 2. The maximum absolute atomic E-state index is 17.7. The minimum absolute atomic E-state index is 0.0563. The molecule has 0 unspecified atom stereocenters. The normalized spacial score (nSPS) is 16.0. The number of fused-ring (bicyclic) bond motifs is 8. The Hall–Kier alpha value is -5.67. The number of amides is 3. The summed E-state index contributed by atoms with van der Waals surface area (Å²) in [5, 5.41) is 5.24. The Kier molecular flexibility index (Phi) is 13.6. The van der Waals surface area contributed by atoms with Gasteiger partial charge in [0, 0.05) is 101 Å². The Bertz CT molecular complexity index is 3660. The monoisotopic (exact) mass is 1090 g/mol. The van der Waals surface area contributed by atoms with Crippen LogP contribution in [0.1, 0.15) is 69.2 Å². The number of hydrogen-bond donors (Lipinski definition) is 2. The third kappa shape index (κ3) is 9.37. The predicted octanol–water partition coefficient (Wildman–Crippen LogP) is 5.28. The summed E-state index contributed by atoms with van der Waals surface area (Å²) in [6, 6.07) is 10.6. The minimum Gasteiger partial charge on any atom is -0.744 e. The van der Waals surface area contributed by atoms with Crippen molar-refractivity contribution in [3.8, 4) is 32.4 Å². The molecule has 0 fully saturated rings. The first kappa shape index (κ1) is 51.7. The molecule has 2 N–H and O–H groups in total. The molecule has 0 spiro atoms. The number of unbranched alkanes of at least 4 members (excludes halogenated alkanes) is 2. The van der Waals surface area contributed by atoms with Gasteiger partial charge in [-0.3, -0.25) is 23.8 Å². The fraction of sp³-hybridized carbons (Fsp3) is 0.304. The highest BCUT2D eigenvalue weighted by atomic mass is 32.3. The third-order valence-electron chi connectivity index (χ3n) is 13.1. The van der Waals surface area contributed by atoms with Crippen LogP contribution in [0.5, 0.6) is 11.5 Å². The van der Waals surface area contributed by atoms with Gasteiger partial charge < -0.3 is 19.5 Å². The molecule has 0 saturated carbocycles. The Morgan fingerprint density at radius 2 is 1.59 bits per heavy atom. The van der Waals surface area contributed by atoms with Gasteiger partial charge in [-0.15, -0.1) is 47.1 Å². The predicted molar refractivity (Wildman–Crippen MR) is 259 cm³/mol. The molecule has 6 heterocycles. The molecule has 4 aliphatic heterocycles. The third-order valence-corrected chi connectivity index (χ3v) is 18.4. The molecule has 0 atom stereocenters. The smallest absolute Gasteiger partial charge is 0.425 e. The van der Waals surface area contributed by atoms with Crippen LogP contribution in [0.15, 0.2) is 74.0 Å². The summed E-state index contributed by atoms with van der Waals surface area (Å²) in [6.07, 6.45) is 3.98. The number of imide groups is 1.